The number of amides is 1. The van der Waals surface area contributed by atoms with E-state index in [0.29, 0.717) is 18.4 Å². The summed E-state index contributed by atoms with van der Waals surface area (Å²) < 4.78 is 2.04. The quantitative estimate of drug-likeness (QED) is 0.654. The van der Waals surface area contributed by atoms with Gasteiger partial charge in [0.15, 0.2) is 5.56 Å². The number of carboxylic acids is 1. The van der Waals surface area contributed by atoms with Crippen molar-refractivity contribution in [2.24, 2.45) is 0 Å². The first-order chi connectivity index (χ1) is 14.3. The van der Waals surface area contributed by atoms with Crippen LogP contribution in [-0.4, -0.2) is 37.8 Å². The number of hydrogen-bond acceptors (Lipinski definition) is 5. The zero-order valence-electron chi connectivity index (χ0n) is 16.8. The van der Waals surface area contributed by atoms with Crippen molar-refractivity contribution < 1.29 is 19.8 Å². The lowest BCUT2D eigenvalue weighted by Crippen LogP contribution is -2.47. The van der Waals surface area contributed by atoms with Crippen molar-refractivity contribution in [3.8, 4) is 5.88 Å². The number of benzene rings is 1. The number of nitrogens with one attached hydrogen (secondary N) is 1. The third-order valence-electron chi connectivity index (χ3n) is 5.38. The van der Waals surface area contributed by atoms with Crippen LogP contribution in [0.4, 0.5) is 0 Å². The average molecular weight is 415 g/mol. The lowest BCUT2D eigenvalue weighted by Gasteiger charge is -2.25. The molecule has 1 aromatic heterocycles. The van der Waals surface area contributed by atoms with E-state index in [1.54, 1.807) is 12.1 Å². The molecule has 0 spiro atoms. The van der Waals surface area contributed by atoms with Crippen LogP contribution in [0, 0.1) is 6.92 Å². The molecule has 1 heterocycles. The number of carboxylic acid groups (broad SMARTS) is 1. The molecule has 1 aliphatic rings. The Hall–Kier alpha value is -3.36. The van der Waals surface area contributed by atoms with E-state index in [1.165, 1.54) is 0 Å². The zero-order chi connectivity index (χ0) is 21.8. The molecule has 3 N–H and O–H groups in total. The van der Waals surface area contributed by atoms with Gasteiger partial charge in [-0.1, -0.05) is 49.1 Å². The Morgan fingerprint density at radius 1 is 1.10 bits per heavy atom. The van der Waals surface area contributed by atoms with Crippen LogP contribution in [-0.2, 0) is 11.3 Å². The summed E-state index contributed by atoms with van der Waals surface area (Å²) in [4.78, 5) is 49.5. The van der Waals surface area contributed by atoms with Gasteiger partial charge in [0.1, 0.15) is 6.54 Å². The summed E-state index contributed by atoms with van der Waals surface area (Å²) in [5, 5.41) is 21.6. The number of aromatic nitrogens is 2. The summed E-state index contributed by atoms with van der Waals surface area (Å²) >= 11 is 0. The molecule has 9 heteroatoms. The number of hydrogen-bond donors (Lipinski definition) is 3. The number of aromatic hydroxyl groups is 1. The van der Waals surface area contributed by atoms with E-state index in [0.717, 1.165) is 34.0 Å². The summed E-state index contributed by atoms with van der Waals surface area (Å²) in [6.07, 6.45) is 3.97. The Morgan fingerprint density at radius 2 is 1.73 bits per heavy atom. The fourth-order valence-electron chi connectivity index (χ4n) is 3.78. The molecule has 3 rings (SSSR count). The Morgan fingerprint density at radius 3 is 2.33 bits per heavy atom. The Labute approximate surface area is 172 Å². The van der Waals surface area contributed by atoms with E-state index in [2.05, 4.69) is 5.32 Å². The standard InChI is InChI=1S/C21H25N3O6/c1-13-7-9-14(10-8-13)12-23-19(28)17(18(27)22-11-16(25)26)20(29)24(21(23)30)15-5-3-2-4-6-15/h7-10,15,28H,2-6,11-12H2,1H3,(H,22,27)(H,25,26). The summed E-state index contributed by atoms with van der Waals surface area (Å²) in [5.41, 5.74) is -0.458. The second-order valence-electron chi connectivity index (χ2n) is 7.60. The topological polar surface area (TPSA) is 131 Å². The third kappa shape index (κ3) is 4.45. The molecule has 1 aliphatic carbocycles. The third-order valence-corrected chi connectivity index (χ3v) is 5.38. The summed E-state index contributed by atoms with van der Waals surface area (Å²) in [7, 11) is 0. The maximum absolute atomic E-state index is 13.2. The van der Waals surface area contributed by atoms with Crippen molar-refractivity contribution >= 4 is 11.9 Å². The summed E-state index contributed by atoms with van der Waals surface area (Å²) in [6, 6.07) is 6.93. The molecular weight excluding hydrogens is 390 g/mol. The first kappa shape index (κ1) is 21.4. The van der Waals surface area contributed by atoms with Crippen LogP contribution in [0.5, 0.6) is 5.88 Å². The molecule has 0 unspecified atom stereocenters. The number of carbonyl (C=O) groups is 2. The van der Waals surface area contributed by atoms with Crippen LogP contribution >= 0.6 is 0 Å². The Balaban J connectivity index is 2.14. The van der Waals surface area contributed by atoms with E-state index < -0.39 is 41.1 Å². The van der Waals surface area contributed by atoms with Gasteiger partial charge in [0.2, 0.25) is 5.88 Å². The van der Waals surface area contributed by atoms with Gasteiger partial charge in [0.25, 0.3) is 11.5 Å². The van der Waals surface area contributed by atoms with E-state index >= 15 is 0 Å². The first-order valence-electron chi connectivity index (χ1n) is 9.93. The number of rotatable bonds is 6. The van der Waals surface area contributed by atoms with Crippen molar-refractivity contribution in [1.29, 1.82) is 0 Å². The van der Waals surface area contributed by atoms with Crippen LogP contribution in [0.2, 0.25) is 0 Å². The van der Waals surface area contributed by atoms with Crippen LogP contribution < -0.4 is 16.6 Å². The minimum absolute atomic E-state index is 0.0306. The second-order valence-corrected chi connectivity index (χ2v) is 7.60. The normalized spacial score (nSPS) is 14.4. The van der Waals surface area contributed by atoms with Gasteiger partial charge in [-0.3, -0.25) is 23.5 Å². The molecule has 0 atom stereocenters. The van der Waals surface area contributed by atoms with Crippen molar-refractivity contribution in [2.45, 2.75) is 51.6 Å². The first-order valence-corrected chi connectivity index (χ1v) is 9.93. The van der Waals surface area contributed by atoms with E-state index in [-0.39, 0.29) is 12.6 Å². The molecule has 0 aliphatic heterocycles. The lowest BCUT2D eigenvalue weighted by atomic mass is 9.95. The minimum atomic E-state index is -1.29. The van der Waals surface area contributed by atoms with Crippen LogP contribution in [0.3, 0.4) is 0 Å². The molecule has 1 amide bonds. The van der Waals surface area contributed by atoms with Crippen molar-refractivity contribution in [3.05, 3.63) is 61.8 Å². The molecule has 9 nitrogen and oxygen atoms in total. The number of aliphatic carboxylic acids is 1. The molecule has 1 saturated carbocycles. The van der Waals surface area contributed by atoms with Gasteiger partial charge in [0, 0.05) is 6.04 Å². The van der Waals surface area contributed by atoms with E-state index in [1.807, 2.05) is 19.1 Å². The molecule has 30 heavy (non-hydrogen) atoms. The van der Waals surface area contributed by atoms with Gasteiger partial charge in [0.05, 0.1) is 6.54 Å². The van der Waals surface area contributed by atoms with Gasteiger partial charge in [-0.05, 0) is 25.3 Å². The molecule has 2 aromatic rings. The molecule has 0 radical (unpaired) electrons. The summed E-state index contributed by atoms with van der Waals surface area (Å²) in [6.45, 7) is 1.18. The Bertz CT molecular complexity index is 1060. The van der Waals surface area contributed by atoms with Crippen LogP contribution in [0.25, 0.3) is 0 Å². The fourth-order valence-corrected chi connectivity index (χ4v) is 3.78. The largest absolute Gasteiger partial charge is 0.494 e. The molecular formula is C21H25N3O6. The highest BCUT2D eigenvalue weighted by Gasteiger charge is 2.28. The van der Waals surface area contributed by atoms with E-state index in [9.17, 15) is 24.3 Å². The number of aryl methyl sites for hydroxylation is 1. The highest BCUT2D eigenvalue weighted by molar-refractivity contribution is 5.97. The molecule has 160 valence electrons. The predicted molar refractivity (Wildman–Crippen MR) is 109 cm³/mol. The maximum atomic E-state index is 13.2. The van der Waals surface area contributed by atoms with Crippen LogP contribution in [0.1, 0.15) is 59.6 Å². The van der Waals surface area contributed by atoms with Crippen molar-refractivity contribution in [2.75, 3.05) is 6.54 Å². The number of nitrogens with zero attached hydrogens (tertiary/aromatic N) is 2. The molecule has 0 saturated heterocycles. The van der Waals surface area contributed by atoms with Gasteiger partial charge in [-0.25, -0.2) is 4.79 Å². The smallest absolute Gasteiger partial charge is 0.334 e. The zero-order valence-corrected chi connectivity index (χ0v) is 16.8. The SMILES string of the molecule is Cc1ccc(Cn2c(O)c(C(=O)NCC(=O)O)c(=O)n(C3CCCCC3)c2=O)cc1. The lowest BCUT2D eigenvalue weighted by molar-refractivity contribution is -0.135. The average Bonchev–Trinajstić information content (AvgIpc) is 2.72. The molecule has 0 bridgehead atoms. The predicted octanol–water partition coefficient (Wildman–Crippen LogP) is 1.39. The second kappa shape index (κ2) is 8.98. The van der Waals surface area contributed by atoms with E-state index in [4.69, 9.17) is 5.11 Å². The monoisotopic (exact) mass is 415 g/mol. The van der Waals surface area contributed by atoms with Gasteiger partial charge >= 0.3 is 11.7 Å². The van der Waals surface area contributed by atoms with Gasteiger partial charge in [-0.15, -0.1) is 0 Å². The van der Waals surface area contributed by atoms with Crippen molar-refractivity contribution in [1.82, 2.24) is 14.5 Å². The maximum Gasteiger partial charge on any atom is 0.334 e. The minimum Gasteiger partial charge on any atom is -0.494 e. The van der Waals surface area contributed by atoms with Gasteiger partial charge < -0.3 is 15.5 Å². The van der Waals surface area contributed by atoms with Crippen LogP contribution in [0.15, 0.2) is 33.9 Å². The molecule has 1 aromatic carbocycles. The summed E-state index contributed by atoms with van der Waals surface area (Å²) in [5.74, 6) is -3.08. The van der Waals surface area contributed by atoms with Gasteiger partial charge in [-0.2, -0.15) is 0 Å². The van der Waals surface area contributed by atoms with Crippen molar-refractivity contribution in [3.63, 3.8) is 0 Å². The highest BCUT2D eigenvalue weighted by atomic mass is 16.4. The molecule has 1 fully saturated rings. The highest BCUT2D eigenvalue weighted by Crippen LogP contribution is 2.26. The Kier molecular flexibility index (Phi) is 6.39. The fraction of sp³-hybridized carbons (Fsp3) is 0.429. The number of carbonyl (C=O) groups excluding carboxylic acids is 1.